The van der Waals surface area contributed by atoms with Gasteiger partial charge in [0.1, 0.15) is 5.03 Å². The van der Waals surface area contributed by atoms with Crippen LogP contribution in [0.25, 0.3) is 0 Å². The quantitative estimate of drug-likeness (QED) is 0.870. The lowest BCUT2D eigenvalue weighted by Gasteiger charge is -2.10. The summed E-state index contributed by atoms with van der Waals surface area (Å²) in [6, 6.07) is 9.67. The van der Waals surface area contributed by atoms with Crippen molar-refractivity contribution in [2.75, 3.05) is 6.54 Å². The van der Waals surface area contributed by atoms with Crippen molar-refractivity contribution in [3.8, 4) is 0 Å². The van der Waals surface area contributed by atoms with Crippen LogP contribution in [0.2, 0.25) is 10.0 Å². The molecule has 0 saturated carbocycles. The maximum absolute atomic E-state index is 6.05. The molecule has 0 unspecified atom stereocenters. The Morgan fingerprint density at radius 2 is 1.95 bits per heavy atom. The van der Waals surface area contributed by atoms with Crippen LogP contribution >= 0.6 is 35.0 Å². The molecule has 1 heterocycles. The van der Waals surface area contributed by atoms with Crippen LogP contribution in [0.15, 0.2) is 46.5 Å². The van der Waals surface area contributed by atoms with Crippen LogP contribution in [0, 0.1) is 0 Å². The number of rotatable bonds is 5. The number of halogens is 2. The van der Waals surface area contributed by atoms with Gasteiger partial charge in [0.25, 0.3) is 0 Å². The van der Waals surface area contributed by atoms with Crippen LogP contribution in [0.4, 0.5) is 0 Å². The number of aromatic nitrogens is 1. The predicted molar refractivity (Wildman–Crippen MR) is 82.2 cm³/mol. The first kappa shape index (κ1) is 14.7. The molecule has 0 saturated heterocycles. The summed E-state index contributed by atoms with van der Waals surface area (Å²) in [4.78, 5) is 5.45. The van der Waals surface area contributed by atoms with Gasteiger partial charge in [-0.3, -0.25) is 0 Å². The van der Waals surface area contributed by atoms with E-state index in [4.69, 9.17) is 23.2 Å². The van der Waals surface area contributed by atoms with Gasteiger partial charge in [-0.2, -0.15) is 0 Å². The van der Waals surface area contributed by atoms with Gasteiger partial charge in [0.05, 0.1) is 5.02 Å². The number of nitrogens with one attached hydrogen (secondary N) is 1. The summed E-state index contributed by atoms with van der Waals surface area (Å²) in [5.74, 6) is 0. The topological polar surface area (TPSA) is 24.9 Å². The molecule has 1 N–H and O–H groups in total. The van der Waals surface area contributed by atoms with Crippen LogP contribution in [-0.2, 0) is 6.54 Å². The first-order chi connectivity index (χ1) is 9.19. The minimum Gasteiger partial charge on any atom is -0.313 e. The molecule has 100 valence electrons. The van der Waals surface area contributed by atoms with Crippen LogP contribution in [0.1, 0.15) is 12.5 Å². The van der Waals surface area contributed by atoms with Gasteiger partial charge in [-0.25, -0.2) is 4.98 Å². The summed E-state index contributed by atoms with van der Waals surface area (Å²) in [6.07, 6.45) is 1.66. The Bertz CT molecular complexity index is 544. The van der Waals surface area contributed by atoms with E-state index in [0.29, 0.717) is 5.02 Å². The fraction of sp³-hybridized carbons (Fsp3) is 0.214. The average molecular weight is 313 g/mol. The third kappa shape index (κ3) is 4.39. The molecule has 0 amide bonds. The number of hydrogen-bond donors (Lipinski definition) is 1. The average Bonchev–Trinajstić information content (AvgIpc) is 2.41. The monoisotopic (exact) mass is 312 g/mol. The third-order valence-electron chi connectivity index (χ3n) is 2.50. The molecule has 0 radical (unpaired) electrons. The molecule has 2 nitrogen and oxygen atoms in total. The fourth-order valence-electron chi connectivity index (χ4n) is 1.58. The molecular formula is C14H14Cl2N2S. The molecule has 5 heteroatoms. The normalized spacial score (nSPS) is 10.7. The van der Waals surface area contributed by atoms with E-state index in [2.05, 4.69) is 17.2 Å². The molecule has 0 aliphatic rings. The molecule has 1 aromatic heterocycles. The van der Waals surface area contributed by atoms with Crippen molar-refractivity contribution in [3.63, 3.8) is 0 Å². The lowest BCUT2D eigenvalue weighted by atomic mass is 10.2. The van der Waals surface area contributed by atoms with Crippen molar-refractivity contribution in [1.82, 2.24) is 10.3 Å². The smallest absolute Gasteiger partial charge is 0.101 e. The van der Waals surface area contributed by atoms with Crippen LogP contribution in [-0.4, -0.2) is 11.5 Å². The van der Waals surface area contributed by atoms with Gasteiger partial charge in [0, 0.05) is 22.7 Å². The zero-order valence-electron chi connectivity index (χ0n) is 10.5. The molecule has 2 rings (SSSR count). The predicted octanol–water partition coefficient (Wildman–Crippen LogP) is 4.65. The summed E-state index contributed by atoms with van der Waals surface area (Å²) < 4.78 is 0. The first-order valence-electron chi connectivity index (χ1n) is 5.97. The van der Waals surface area contributed by atoms with E-state index in [0.717, 1.165) is 28.0 Å². The number of pyridine rings is 1. The summed E-state index contributed by atoms with van der Waals surface area (Å²) in [5.41, 5.74) is 1.18. The van der Waals surface area contributed by atoms with Gasteiger partial charge in [-0.1, -0.05) is 41.9 Å². The van der Waals surface area contributed by atoms with E-state index < -0.39 is 0 Å². The number of nitrogens with zero attached hydrogens (tertiary/aromatic N) is 1. The second-order valence-electron chi connectivity index (χ2n) is 3.95. The summed E-state index contributed by atoms with van der Waals surface area (Å²) in [6.45, 7) is 3.81. The van der Waals surface area contributed by atoms with Crippen molar-refractivity contribution >= 4 is 35.0 Å². The molecule has 0 bridgehead atoms. The van der Waals surface area contributed by atoms with E-state index in [1.807, 2.05) is 30.3 Å². The maximum atomic E-state index is 6.05. The highest BCUT2D eigenvalue weighted by molar-refractivity contribution is 7.99. The summed E-state index contributed by atoms with van der Waals surface area (Å²) in [5, 5.41) is 5.63. The second kappa shape index (κ2) is 7.15. The highest BCUT2D eigenvalue weighted by Gasteiger charge is 2.06. The lowest BCUT2D eigenvalue weighted by Crippen LogP contribution is -2.12. The Labute approximate surface area is 127 Å². The largest absolute Gasteiger partial charge is 0.313 e. The van der Waals surface area contributed by atoms with Crippen molar-refractivity contribution in [2.24, 2.45) is 0 Å². The van der Waals surface area contributed by atoms with Crippen LogP contribution in [0.5, 0.6) is 0 Å². The summed E-state index contributed by atoms with van der Waals surface area (Å²) >= 11 is 13.5. The highest BCUT2D eigenvalue weighted by atomic mass is 35.5. The minimum atomic E-state index is 0.647. The molecular weight excluding hydrogens is 299 g/mol. The highest BCUT2D eigenvalue weighted by Crippen LogP contribution is 2.31. The van der Waals surface area contributed by atoms with E-state index in [1.54, 1.807) is 18.0 Å². The van der Waals surface area contributed by atoms with E-state index in [9.17, 15) is 0 Å². The zero-order valence-corrected chi connectivity index (χ0v) is 12.8. The van der Waals surface area contributed by atoms with Crippen molar-refractivity contribution in [1.29, 1.82) is 0 Å². The van der Waals surface area contributed by atoms with Gasteiger partial charge in [0.15, 0.2) is 0 Å². The standard InChI is InChI=1S/C14H14Cl2N2S/c1-2-17-8-10-7-11(15)3-5-13(10)19-14-6-4-12(16)9-18-14/h3-7,9,17H,2,8H2,1H3. The van der Waals surface area contributed by atoms with Crippen molar-refractivity contribution in [3.05, 3.63) is 52.1 Å². The molecule has 0 atom stereocenters. The van der Waals surface area contributed by atoms with Crippen LogP contribution < -0.4 is 5.32 Å². The molecule has 0 aliphatic carbocycles. The fourth-order valence-corrected chi connectivity index (χ4v) is 2.75. The van der Waals surface area contributed by atoms with Crippen molar-refractivity contribution in [2.45, 2.75) is 23.4 Å². The third-order valence-corrected chi connectivity index (χ3v) is 4.03. The Hall–Kier alpha value is -0.740. The minimum absolute atomic E-state index is 0.647. The Kier molecular flexibility index (Phi) is 5.52. The summed E-state index contributed by atoms with van der Waals surface area (Å²) in [7, 11) is 0. The number of benzene rings is 1. The molecule has 0 spiro atoms. The van der Waals surface area contributed by atoms with Crippen molar-refractivity contribution < 1.29 is 0 Å². The molecule has 0 fully saturated rings. The molecule has 19 heavy (non-hydrogen) atoms. The van der Waals surface area contributed by atoms with E-state index >= 15 is 0 Å². The Morgan fingerprint density at radius 1 is 1.16 bits per heavy atom. The number of hydrogen-bond acceptors (Lipinski definition) is 3. The van der Waals surface area contributed by atoms with E-state index in [1.165, 1.54) is 5.56 Å². The van der Waals surface area contributed by atoms with Gasteiger partial charge in [0.2, 0.25) is 0 Å². The molecule has 0 aliphatic heterocycles. The van der Waals surface area contributed by atoms with Crippen LogP contribution in [0.3, 0.4) is 0 Å². The van der Waals surface area contributed by atoms with Gasteiger partial charge >= 0.3 is 0 Å². The maximum Gasteiger partial charge on any atom is 0.101 e. The lowest BCUT2D eigenvalue weighted by molar-refractivity contribution is 0.718. The second-order valence-corrected chi connectivity index (χ2v) is 5.88. The molecule has 1 aromatic carbocycles. The molecule has 2 aromatic rings. The Morgan fingerprint density at radius 3 is 2.63 bits per heavy atom. The van der Waals surface area contributed by atoms with Gasteiger partial charge in [-0.05, 0) is 42.4 Å². The van der Waals surface area contributed by atoms with Gasteiger partial charge < -0.3 is 5.32 Å². The van der Waals surface area contributed by atoms with Gasteiger partial charge in [-0.15, -0.1) is 0 Å². The zero-order chi connectivity index (χ0) is 13.7. The first-order valence-corrected chi connectivity index (χ1v) is 7.55. The Balaban J connectivity index is 2.20. The SMILES string of the molecule is CCNCc1cc(Cl)ccc1Sc1ccc(Cl)cn1. The van der Waals surface area contributed by atoms with E-state index in [-0.39, 0.29) is 0 Å².